The SMILES string of the molecule is CNCC(=O)N1CC2(C)CC1CC(C)(C)C2.Cl. The van der Waals surface area contributed by atoms with Crippen LogP contribution in [0.2, 0.25) is 0 Å². The number of halogens is 1. The van der Waals surface area contributed by atoms with Crippen LogP contribution < -0.4 is 5.32 Å². The number of hydrogen-bond acceptors (Lipinski definition) is 2. The van der Waals surface area contributed by atoms with Gasteiger partial charge in [0.1, 0.15) is 0 Å². The molecule has 2 rings (SSSR count). The lowest BCUT2D eigenvalue weighted by Gasteiger charge is -2.39. The molecule has 100 valence electrons. The number of likely N-dealkylation sites (tertiary alicyclic amines) is 1. The van der Waals surface area contributed by atoms with Gasteiger partial charge >= 0.3 is 0 Å². The molecule has 0 aromatic rings. The van der Waals surface area contributed by atoms with Gasteiger partial charge in [0.15, 0.2) is 0 Å². The van der Waals surface area contributed by atoms with Gasteiger partial charge in [0.25, 0.3) is 0 Å². The zero-order chi connectivity index (χ0) is 12.0. The molecule has 0 radical (unpaired) electrons. The van der Waals surface area contributed by atoms with Crippen LogP contribution in [-0.2, 0) is 4.79 Å². The maximum Gasteiger partial charge on any atom is 0.236 e. The van der Waals surface area contributed by atoms with E-state index >= 15 is 0 Å². The largest absolute Gasteiger partial charge is 0.338 e. The molecule has 1 aliphatic heterocycles. The smallest absolute Gasteiger partial charge is 0.236 e. The molecular formula is C13H25ClN2O. The maximum atomic E-state index is 12.0. The second kappa shape index (κ2) is 4.77. The van der Waals surface area contributed by atoms with Crippen LogP contribution in [0, 0.1) is 10.8 Å². The zero-order valence-electron chi connectivity index (χ0n) is 11.4. The van der Waals surface area contributed by atoms with E-state index in [1.54, 1.807) is 0 Å². The second-order valence-corrected chi connectivity index (χ2v) is 6.77. The Labute approximate surface area is 111 Å². The first-order valence-corrected chi connectivity index (χ1v) is 6.29. The van der Waals surface area contributed by atoms with Crippen molar-refractivity contribution >= 4 is 18.3 Å². The normalized spacial score (nSPS) is 34.4. The van der Waals surface area contributed by atoms with E-state index in [-0.39, 0.29) is 18.3 Å². The van der Waals surface area contributed by atoms with Crippen molar-refractivity contribution in [1.29, 1.82) is 0 Å². The number of carbonyl (C=O) groups excluding carboxylic acids is 1. The van der Waals surface area contributed by atoms with E-state index in [1.807, 2.05) is 7.05 Å². The van der Waals surface area contributed by atoms with Gasteiger partial charge in [0.2, 0.25) is 5.91 Å². The summed E-state index contributed by atoms with van der Waals surface area (Å²) in [7, 11) is 1.84. The molecule has 2 unspecified atom stereocenters. The van der Waals surface area contributed by atoms with Crippen molar-refractivity contribution in [3.05, 3.63) is 0 Å². The summed E-state index contributed by atoms with van der Waals surface area (Å²) in [6.07, 6.45) is 3.61. The van der Waals surface area contributed by atoms with Crippen molar-refractivity contribution in [3.63, 3.8) is 0 Å². The van der Waals surface area contributed by atoms with Crippen molar-refractivity contribution in [2.75, 3.05) is 20.1 Å². The minimum Gasteiger partial charge on any atom is -0.338 e. The predicted molar refractivity (Wildman–Crippen MR) is 72.4 cm³/mol. The Morgan fingerprint density at radius 2 is 2.00 bits per heavy atom. The third-order valence-electron chi connectivity index (χ3n) is 4.06. The Bertz CT molecular complexity index is 306. The van der Waals surface area contributed by atoms with Crippen molar-refractivity contribution in [1.82, 2.24) is 10.2 Å². The highest BCUT2D eigenvalue weighted by Crippen LogP contribution is 2.52. The third-order valence-corrected chi connectivity index (χ3v) is 4.06. The predicted octanol–water partition coefficient (Wildman–Crippen LogP) is 2.05. The second-order valence-electron chi connectivity index (χ2n) is 6.77. The molecular weight excluding hydrogens is 236 g/mol. The van der Waals surface area contributed by atoms with Gasteiger partial charge in [0, 0.05) is 12.6 Å². The number of likely N-dealkylation sites (N-methyl/N-ethyl adjacent to an activating group) is 1. The lowest BCUT2D eigenvalue weighted by atomic mass is 9.65. The van der Waals surface area contributed by atoms with Gasteiger partial charge in [-0.3, -0.25) is 4.79 Å². The molecule has 0 spiro atoms. The Hall–Kier alpha value is -0.280. The molecule has 1 amide bonds. The number of fused-ring (bicyclic) bond motifs is 2. The summed E-state index contributed by atoms with van der Waals surface area (Å²) >= 11 is 0. The van der Waals surface area contributed by atoms with Crippen LogP contribution in [0.4, 0.5) is 0 Å². The third kappa shape index (κ3) is 2.94. The van der Waals surface area contributed by atoms with Gasteiger partial charge in [0.05, 0.1) is 6.54 Å². The van der Waals surface area contributed by atoms with Gasteiger partial charge in [-0.15, -0.1) is 12.4 Å². The average Bonchev–Trinajstić information content (AvgIpc) is 2.35. The first-order valence-electron chi connectivity index (χ1n) is 6.29. The number of hydrogen-bond donors (Lipinski definition) is 1. The van der Waals surface area contributed by atoms with Crippen LogP contribution >= 0.6 is 12.4 Å². The van der Waals surface area contributed by atoms with E-state index in [1.165, 1.54) is 12.8 Å². The molecule has 0 aromatic carbocycles. The van der Waals surface area contributed by atoms with E-state index < -0.39 is 0 Å². The molecule has 2 aliphatic rings. The Morgan fingerprint density at radius 3 is 2.59 bits per heavy atom. The summed E-state index contributed by atoms with van der Waals surface area (Å²) in [4.78, 5) is 14.1. The topological polar surface area (TPSA) is 32.3 Å². The van der Waals surface area contributed by atoms with Gasteiger partial charge in [-0.05, 0) is 37.1 Å². The van der Waals surface area contributed by atoms with E-state index in [0.29, 0.717) is 23.4 Å². The summed E-state index contributed by atoms with van der Waals surface area (Å²) in [6.45, 7) is 8.45. The summed E-state index contributed by atoms with van der Waals surface area (Å²) in [5.41, 5.74) is 0.752. The minimum absolute atomic E-state index is 0. The molecule has 2 bridgehead atoms. The summed E-state index contributed by atoms with van der Waals surface area (Å²) in [5.74, 6) is 0.272. The monoisotopic (exact) mass is 260 g/mol. The number of rotatable bonds is 2. The summed E-state index contributed by atoms with van der Waals surface area (Å²) in [5, 5.41) is 2.97. The highest BCUT2D eigenvalue weighted by atomic mass is 35.5. The average molecular weight is 261 g/mol. The van der Waals surface area contributed by atoms with Crippen molar-refractivity contribution in [2.45, 2.75) is 46.1 Å². The molecule has 1 saturated carbocycles. The van der Waals surface area contributed by atoms with Crippen LogP contribution in [0.3, 0.4) is 0 Å². The van der Waals surface area contributed by atoms with Crippen molar-refractivity contribution in [3.8, 4) is 0 Å². The molecule has 0 aromatic heterocycles. The lowest BCUT2D eigenvalue weighted by molar-refractivity contribution is -0.131. The molecule has 2 atom stereocenters. The first-order chi connectivity index (χ1) is 7.35. The van der Waals surface area contributed by atoms with Crippen molar-refractivity contribution in [2.24, 2.45) is 10.8 Å². The van der Waals surface area contributed by atoms with E-state index in [0.717, 1.165) is 13.0 Å². The van der Waals surface area contributed by atoms with Crippen LogP contribution in [0.1, 0.15) is 40.0 Å². The van der Waals surface area contributed by atoms with Crippen LogP contribution in [0.5, 0.6) is 0 Å². The van der Waals surface area contributed by atoms with Crippen molar-refractivity contribution < 1.29 is 4.79 Å². The van der Waals surface area contributed by atoms with Crippen LogP contribution in [0.15, 0.2) is 0 Å². The Morgan fingerprint density at radius 1 is 1.35 bits per heavy atom. The van der Waals surface area contributed by atoms with Gasteiger partial charge in [-0.1, -0.05) is 20.8 Å². The van der Waals surface area contributed by atoms with E-state index in [9.17, 15) is 4.79 Å². The molecule has 1 N–H and O–H groups in total. The molecule has 2 fully saturated rings. The summed E-state index contributed by atoms with van der Waals surface area (Å²) < 4.78 is 0. The molecule has 1 heterocycles. The number of nitrogens with zero attached hydrogens (tertiary/aromatic N) is 1. The Balaban J connectivity index is 0.00000144. The Kier molecular flexibility index (Phi) is 4.15. The number of nitrogens with one attached hydrogen (secondary N) is 1. The molecule has 3 nitrogen and oxygen atoms in total. The summed E-state index contributed by atoms with van der Waals surface area (Å²) in [6, 6.07) is 0.481. The van der Waals surface area contributed by atoms with E-state index in [4.69, 9.17) is 0 Å². The zero-order valence-corrected chi connectivity index (χ0v) is 12.2. The number of amides is 1. The fraction of sp³-hybridized carbons (Fsp3) is 0.923. The highest BCUT2D eigenvalue weighted by molar-refractivity contribution is 5.85. The fourth-order valence-electron chi connectivity index (χ4n) is 4.00. The molecule has 1 saturated heterocycles. The maximum absolute atomic E-state index is 12.0. The van der Waals surface area contributed by atoms with Gasteiger partial charge in [-0.25, -0.2) is 0 Å². The van der Waals surface area contributed by atoms with Gasteiger partial charge < -0.3 is 10.2 Å². The molecule has 1 aliphatic carbocycles. The fourth-order valence-corrected chi connectivity index (χ4v) is 4.00. The van der Waals surface area contributed by atoms with Crippen LogP contribution in [-0.4, -0.2) is 37.0 Å². The lowest BCUT2D eigenvalue weighted by Crippen LogP contribution is -2.41. The molecule has 4 heteroatoms. The minimum atomic E-state index is 0. The van der Waals surface area contributed by atoms with Gasteiger partial charge in [-0.2, -0.15) is 0 Å². The standard InChI is InChI=1S/C13H24N2O.ClH/c1-12(2)5-10-6-13(3,8-12)9-15(10)11(16)7-14-4;/h10,14H,5-9H2,1-4H3;1H. The molecule has 17 heavy (non-hydrogen) atoms. The first kappa shape index (κ1) is 14.8. The number of carbonyl (C=O) groups is 1. The quantitative estimate of drug-likeness (QED) is 0.824. The van der Waals surface area contributed by atoms with Crippen LogP contribution in [0.25, 0.3) is 0 Å². The van der Waals surface area contributed by atoms with E-state index in [2.05, 4.69) is 31.0 Å². The highest BCUT2D eigenvalue weighted by Gasteiger charge is 2.50.